The van der Waals surface area contributed by atoms with Crippen LogP contribution in [0.3, 0.4) is 0 Å². The normalized spacial score (nSPS) is 15.6. The number of carbonyl (C=O) groups is 1. The lowest BCUT2D eigenvalue weighted by atomic mass is 10.2. The van der Waals surface area contributed by atoms with E-state index in [4.69, 9.17) is 4.74 Å². The predicted molar refractivity (Wildman–Crippen MR) is 112 cm³/mol. The number of nitrogens with one attached hydrogen (secondary N) is 1. The highest BCUT2D eigenvalue weighted by Crippen LogP contribution is 2.15. The Balaban J connectivity index is 1.42. The highest BCUT2D eigenvalue weighted by molar-refractivity contribution is 14.1. The van der Waals surface area contributed by atoms with E-state index in [2.05, 4.69) is 49.8 Å². The Bertz CT molecular complexity index is 728. The van der Waals surface area contributed by atoms with E-state index in [1.54, 1.807) is 7.11 Å². The highest BCUT2D eigenvalue weighted by atomic mass is 127. The van der Waals surface area contributed by atoms with Crippen molar-refractivity contribution in [1.29, 1.82) is 0 Å². The van der Waals surface area contributed by atoms with Crippen LogP contribution in [0.25, 0.3) is 0 Å². The molecular formula is C20H24IN3O2. The molecule has 2 aromatic carbocycles. The quantitative estimate of drug-likeness (QED) is 0.667. The standard InChI is InChI=1S/C20H24IN3O2/c1-26-19-7-5-16(6-8-19)14-23-9-11-24(12-10-23)15-20(25)22-18-4-2-3-17(21)13-18/h2-8,13H,9-12,14-15H2,1H3,(H,22,25). The van der Waals surface area contributed by atoms with Crippen LogP contribution in [-0.2, 0) is 11.3 Å². The number of carbonyl (C=O) groups excluding carboxylic acids is 1. The third-order valence-corrected chi connectivity index (χ3v) is 5.18. The zero-order valence-electron chi connectivity index (χ0n) is 15.0. The maximum Gasteiger partial charge on any atom is 0.238 e. The molecule has 0 bridgehead atoms. The van der Waals surface area contributed by atoms with Crippen LogP contribution in [-0.4, -0.2) is 55.5 Å². The van der Waals surface area contributed by atoms with E-state index in [1.165, 1.54) is 5.56 Å². The van der Waals surface area contributed by atoms with Gasteiger partial charge in [0.15, 0.2) is 0 Å². The highest BCUT2D eigenvalue weighted by Gasteiger charge is 2.19. The molecule has 0 saturated carbocycles. The van der Waals surface area contributed by atoms with Gasteiger partial charge in [-0.05, 0) is 58.5 Å². The number of methoxy groups -OCH3 is 1. The molecule has 1 heterocycles. The molecule has 0 aromatic heterocycles. The zero-order valence-corrected chi connectivity index (χ0v) is 17.1. The first kappa shape index (κ1) is 19.1. The first-order valence-corrected chi connectivity index (χ1v) is 9.83. The predicted octanol–water partition coefficient (Wildman–Crippen LogP) is 3.06. The van der Waals surface area contributed by atoms with Crippen molar-refractivity contribution in [2.24, 2.45) is 0 Å². The lowest BCUT2D eigenvalue weighted by Gasteiger charge is -2.34. The van der Waals surface area contributed by atoms with Crippen LogP contribution in [0.1, 0.15) is 5.56 Å². The average molecular weight is 465 g/mol. The van der Waals surface area contributed by atoms with Gasteiger partial charge in [0.1, 0.15) is 5.75 Å². The zero-order chi connectivity index (χ0) is 18.4. The molecule has 1 amide bonds. The van der Waals surface area contributed by atoms with Crippen LogP contribution < -0.4 is 10.1 Å². The molecule has 5 nitrogen and oxygen atoms in total. The Labute approximate surface area is 168 Å². The maximum absolute atomic E-state index is 12.2. The van der Waals surface area contributed by atoms with Crippen molar-refractivity contribution in [3.8, 4) is 5.75 Å². The molecule has 0 aliphatic carbocycles. The number of nitrogens with zero attached hydrogens (tertiary/aromatic N) is 2. The van der Waals surface area contributed by atoms with E-state index in [0.29, 0.717) is 6.54 Å². The van der Waals surface area contributed by atoms with Crippen LogP contribution in [0, 0.1) is 3.57 Å². The van der Waals surface area contributed by atoms with Gasteiger partial charge in [-0.25, -0.2) is 0 Å². The second-order valence-corrected chi connectivity index (χ2v) is 7.70. The third-order valence-electron chi connectivity index (χ3n) is 4.51. The summed E-state index contributed by atoms with van der Waals surface area (Å²) in [5, 5.41) is 2.98. The van der Waals surface area contributed by atoms with Crippen molar-refractivity contribution in [3.63, 3.8) is 0 Å². The molecule has 1 aliphatic heterocycles. The minimum Gasteiger partial charge on any atom is -0.497 e. The van der Waals surface area contributed by atoms with Crippen molar-refractivity contribution in [2.75, 3.05) is 45.2 Å². The minimum absolute atomic E-state index is 0.0515. The van der Waals surface area contributed by atoms with E-state index >= 15 is 0 Å². The molecule has 26 heavy (non-hydrogen) atoms. The van der Waals surface area contributed by atoms with E-state index in [1.807, 2.05) is 36.4 Å². The Morgan fingerprint density at radius 3 is 2.42 bits per heavy atom. The van der Waals surface area contributed by atoms with Crippen LogP contribution in [0.5, 0.6) is 5.75 Å². The Hall–Kier alpha value is -1.64. The topological polar surface area (TPSA) is 44.8 Å². The summed E-state index contributed by atoms with van der Waals surface area (Å²) in [5.41, 5.74) is 2.15. The Kier molecular flexibility index (Phi) is 6.87. The van der Waals surface area contributed by atoms with Gasteiger partial charge in [0.2, 0.25) is 5.91 Å². The molecule has 0 radical (unpaired) electrons. The van der Waals surface area contributed by atoms with Gasteiger partial charge in [-0.2, -0.15) is 0 Å². The molecular weight excluding hydrogens is 441 g/mol. The number of hydrogen-bond acceptors (Lipinski definition) is 4. The number of hydrogen-bond donors (Lipinski definition) is 1. The molecule has 3 rings (SSSR count). The fourth-order valence-electron chi connectivity index (χ4n) is 3.06. The van der Waals surface area contributed by atoms with Crippen molar-refractivity contribution in [1.82, 2.24) is 9.80 Å². The van der Waals surface area contributed by atoms with Gasteiger partial charge in [0.25, 0.3) is 0 Å². The van der Waals surface area contributed by atoms with Crippen molar-refractivity contribution < 1.29 is 9.53 Å². The third kappa shape index (κ3) is 5.69. The number of piperazine rings is 1. The van der Waals surface area contributed by atoms with Gasteiger partial charge in [-0.1, -0.05) is 18.2 Å². The summed E-state index contributed by atoms with van der Waals surface area (Å²) >= 11 is 2.25. The fourth-order valence-corrected chi connectivity index (χ4v) is 3.61. The number of ether oxygens (including phenoxy) is 1. The number of benzene rings is 2. The van der Waals surface area contributed by atoms with Crippen LogP contribution in [0.4, 0.5) is 5.69 Å². The van der Waals surface area contributed by atoms with Gasteiger partial charge in [-0.15, -0.1) is 0 Å². The largest absolute Gasteiger partial charge is 0.497 e. The summed E-state index contributed by atoms with van der Waals surface area (Å²) in [4.78, 5) is 16.9. The molecule has 1 N–H and O–H groups in total. The second-order valence-electron chi connectivity index (χ2n) is 6.46. The number of anilines is 1. The fraction of sp³-hybridized carbons (Fsp3) is 0.350. The number of amides is 1. The summed E-state index contributed by atoms with van der Waals surface area (Å²) in [6.45, 7) is 5.16. The van der Waals surface area contributed by atoms with Gasteiger partial charge in [0, 0.05) is 42.0 Å². The van der Waals surface area contributed by atoms with Gasteiger partial charge in [-0.3, -0.25) is 14.6 Å². The van der Waals surface area contributed by atoms with Gasteiger partial charge < -0.3 is 10.1 Å². The smallest absolute Gasteiger partial charge is 0.238 e. The minimum atomic E-state index is 0.0515. The van der Waals surface area contributed by atoms with Gasteiger partial charge >= 0.3 is 0 Å². The molecule has 6 heteroatoms. The van der Waals surface area contributed by atoms with Crippen LogP contribution >= 0.6 is 22.6 Å². The summed E-state index contributed by atoms with van der Waals surface area (Å²) in [6.07, 6.45) is 0. The molecule has 1 saturated heterocycles. The van der Waals surface area contributed by atoms with Crippen LogP contribution in [0.15, 0.2) is 48.5 Å². The van der Waals surface area contributed by atoms with Crippen molar-refractivity contribution in [3.05, 3.63) is 57.7 Å². The lowest BCUT2D eigenvalue weighted by molar-refractivity contribution is -0.117. The van der Waals surface area contributed by atoms with E-state index in [9.17, 15) is 4.79 Å². The summed E-state index contributed by atoms with van der Waals surface area (Å²) in [7, 11) is 1.68. The number of halogens is 1. The van der Waals surface area contributed by atoms with E-state index in [0.717, 1.165) is 47.7 Å². The maximum atomic E-state index is 12.2. The Morgan fingerprint density at radius 1 is 1.08 bits per heavy atom. The first-order valence-electron chi connectivity index (χ1n) is 8.75. The van der Waals surface area contributed by atoms with E-state index < -0.39 is 0 Å². The van der Waals surface area contributed by atoms with E-state index in [-0.39, 0.29) is 5.91 Å². The molecule has 1 aliphatic rings. The van der Waals surface area contributed by atoms with Crippen molar-refractivity contribution >= 4 is 34.2 Å². The van der Waals surface area contributed by atoms with Gasteiger partial charge in [0.05, 0.1) is 13.7 Å². The Morgan fingerprint density at radius 2 is 1.77 bits per heavy atom. The monoisotopic (exact) mass is 465 g/mol. The van der Waals surface area contributed by atoms with Crippen LogP contribution in [0.2, 0.25) is 0 Å². The SMILES string of the molecule is COc1ccc(CN2CCN(CC(=O)Nc3cccc(I)c3)CC2)cc1. The molecule has 0 atom stereocenters. The first-order chi connectivity index (χ1) is 12.6. The molecule has 0 unspecified atom stereocenters. The molecule has 2 aromatic rings. The molecule has 1 fully saturated rings. The second kappa shape index (κ2) is 9.34. The number of rotatable bonds is 6. The van der Waals surface area contributed by atoms with Crippen molar-refractivity contribution in [2.45, 2.75) is 6.54 Å². The lowest BCUT2D eigenvalue weighted by Crippen LogP contribution is -2.48. The summed E-state index contributed by atoms with van der Waals surface area (Å²) in [5.74, 6) is 0.938. The summed E-state index contributed by atoms with van der Waals surface area (Å²) < 4.78 is 6.32. The summed E-state index contributed by atoms with van der Waals surface area (Å²) in [6, 6.07) is 16.1. The molecule has 138 valence electrons. The molecule has 0 spiro atoms. The average Bonchev–Trinajstić information content (AvgIpc) is 2.64.